The number of guanidine groups is 1. The lowest BCUT2D eigenvalue weighted by Gasteiger charge is -2.37. The molecule has 174 valence electrons. The average molecular weight is 547 g/mol. The fourth-order valence-electron chi connectivity index (χ4n) is 4.47. The van der Waals surface area contributed by atoms with Crippen LogP contribution in [-0.4, -0.2) is 88.5 Å². The molecule has 0 bridgehead atoms. The summed E-state index contributed by atoms with van der Waals surface area (Å²) in [5, 5.41) is 7.87. The van der Waals surface area contributed by atoms with Crippen LogP contribution in [0.25, 0.3) is 0 Å². The predicted molar refractivity (Wildman–Crippen MR) is 128 cm³/mol. The molecule has 0 radical (unpaired) electrons. The molecule has 1 N–H and O–H groups in total. The van der Waals surface area contributed by atoms with Crippen LogP contribution in [-0.2, 0) is 29.0 Å². The highest BCUT2D eigenvalue weighted by atomic mass is 127. The molecule has 1 amide bonds. The number of nitrogens with zero attached hydrogens (tertiary/aromatic N) is 6. The number of fused-ring (bicyclic) bond motifs is 1. The number of carbonyl (C=O) groups is 1. The van der Waals surface area contributed by atoms with Gasteiger partial charge < -0.3 is 19.9 Å². The summed E-state index contributed by atoms with van der Waals surface area (Å²) in [5.41, 5.74) is 0.0149. The highest BCUT2D eigenvalue weighted by Gasteiger charge is 2.30. The van der Waals surface area contributed by atoms with Crippen molar-refractivity contribution in [1.82, 2.24) is 29.5 Å². The van der Waals surface area contributed by atoms with Gasteiger partial charge in [-0.1, -0.05) is 0 Å². The van der Waals surface area contributed by atoms with E-state index >= 15 is 0 Å². The molecule has 2 fully saturated rings. The second-order valence-electron chi connectivity index (χ2n) is 8.17. The first-order valence-electron chi connectivity index (χ1n) is 11.2. The van der Waals surface area contributed by atoms with Crippen molar-refractivity contribution in [3.8, 4) is 0 Å². The maximum absolute atomic E-state index is 12.5. The van der Waals surface area contributed by atoms with Gasteiger partial charge >= 0.3 is 5.69 Å². The van der Waals surface area contributed by atoms with Gasteiger partial charge in [0.05, 0.1) is 0 Å². The number of hydrogen-bond donors (Lipinski definition) is 1. The van der Waals surface area contributed by atoms with E-state index in [9.17, 15) is 9.59 Å². The van der Waals surface area contributed by atoms with Crippen LogP contribution in [0.4, 0.5) is 0 Å². The lowest BCUT2D eigenvalue weighted by atomic mass is 10.2. The van der Waals surface area contributed by atoms with Gasteiger partial charge in [0.25, 0.3) is 5.91 Å². The van der Waals surface area contributed by atoms with Crippen molar-refractivity contribution in [2.45, 2.75) is 57.7 Å². The molecular formula is C20H34IN7O3. The molecule has 31 heavy (non-hydrogen) atoms. The van der Waals surface area contributed by atoms with Crippen LogP contribution in [0.15, 0.2) is 9.79 Å². The van der Waals surface area contributed by atoms with Gasteiger partial charge in [-0.05, 0) is 32.1 Å². The highest BCUT2D eigenvalue weighted by Crippen LogP contribution is 2.16. The second kappa shape index (κ2) is 11.3. The molecule has 10 nitrogen and oxygen atoms in total. The van der Waals surface area contributed by atoms with Crippen LogP contribution < -0.4 is 11.0 Å². The molecule has 11 heteroatoms. The topological polar surface area (TPSA) is 97.0 Å². The number of rotatable bonds is 5. The third kappa shape index (κ3) is 5.60. The Morgan fingerprint density at radius 1 is 1.16 bits per heavy atom. The van der Waals surface area contributed by atoms with Gasteiger partial charge in [0.15, 0.2) is 5.96 Å². The van der Waals surface area contributed by atoms with Crippen molar-refractivity contribution in [2.24, 2.45) is 4.99 Å². The fraction of sp³-hybridized carbons (Fsp3) is 0.800. The minimum atomic E-state index is -0.244. The van der Waals surface area contributed by atoms with E-state index < -0.39 is 0 Å². The molecule has 1 unspecified atom stereocenters. The predicted octanol–water partition coefficient (Wildman–Crippen LogP) is 0.288. The summed E-state index contributed by atoms with van der Waals surface area (Å²) < 4.78 is 8.94. The second-order valence-corrected chi connectivity index (χ2v) is 8.17. The lowest BCUT2D eigenvalue weighted by molar-refractivity contribution is -0.142. The summed E-state index contributed by atoms with van der Waals surface area (Å²) in [6, 6.07) is 0. The van der Waals surface area contributed by atoms with Gasteiger partial charge in [-0.2, -0.15) is 5.10 Å². The van der Waals surface area contributed by atoms with E-state index in [0.29, 0.717) is 26.2 Å². The number of halogens is 1. The van der Waals surface area contributed by atoms with Crippen molar-refractivity contribution >= 4 is 35.8 Å². The Labute approximate surface area is 200 Å². The number of piperazine rings is 1. The highest BCUT2D eigenvalue weighted by molar-refractivity contribution is 14.0. The minimum Gasteiger partial charge on any atom is -0.368 e. The Kier molecular flexibility index (Phi) is 8.76. The molecule has 0 spiro atoms. The molecule has 1 atom stereocenters. The molecular weight excluding hydrogens is 513 g/mol. The largest absolute Gasteiger partial charge is 0.368 e. The Morgan fingerprint density at radius 2 is 1.94 bits per heavy atom. The first-order valence-corrected chi connectivity index (χ1v) is 11.2. The Balaban J connectivity index is 0.00000272. The summed E-state index contributed by atoms with van der Waals surface area (Å²) in [4.78, 5) is 33.4. The fourth-order valence-corrected chi connectivity index (χ4v) is 4.47. The lowest BCUT2D eigenvalue weighted by Crippen LogP contribution is -2.55. The molecule has 0 saturated carbocycles. The number of nitrogens with one attached hydrogen (secondary N) is 1. The number of aliphatic imine (C=N–C) groups is 1. The quantitative estimate of drug-likeness (QED) is 0.247. The molecule has 4 heterocycles. The van der Waals surface area contributed by atoms with E-state index in [1.807, 2.05) is 9.47 Å². The number of ether oxygens (including phenoxy) is 1. The zero-order valence-corrected chi connectivity index (χ0v) is 20.6. The van der Waals surface area contributed by atoms with Gasteiger partial charge in [0.2, 0.25) is 0 Å². The minimum absolute atomic E-state index is 0. The van der Waals surface area contributed by atoms with Crippen molar-refractivity contribution < 1.29 is 9.53 Å². The standard InChI is InChI=1S/C20H33N7O3.HI/c1-21-19(25-13-11-24(12-14-25)18(28)16-6-4-15-30-16)22-8-5-10-27-20(29)26-9-3-2-7-17(26)23-27;/h16H,2-15H2,1H3,(H,21,22);1H. The van der Waals surface area contributed by atoms with Crippen molar-refractivity contribution in [3.05, 3.63) is 16.3 Å². The van der Waals surface area contributed by atoms with E-state index in [0.717, 1.165) is 76.5 Å². The number of aryl methyl sites for hydroxylation is 2. The average Bonchev–Trinajstić information content (AvgIpc) is 3.43. The third-order valence-electron chi connectivity index (χ3n) is 6.17. The number of hydrogen-bond acceptors (Lipinski definition) is 5. The summed E-state index contributed by atoms with van der Waals surface area (Å²) in [5.74, 6) is 1.89. The molecule has 0 aliphatic carbocycles. The van der Waals surface area contributed by atoms with E-state index in [1.165, 1.54) is 0 Å². The van der Waals surface area contributed by atoms with Crippen LogP contribution in [0.3, 0.4) is 0 Å². The van der Waals surface area contributed by atoms with Gasteiger partial charge in [0.1, 0.15) is 11.9 Å². The number of amides is 1. The zero-order chi connectivity index (χ0) is 20.9. The van der Waals surface area contributed by atoms with Crippen molar-refractivity contribution in [3.63, 3.8) is 0 Å². The van der Waals surface area contributed by atoms with Crippen LogP contribution >= 0.6 is 24.0 Å². The van der Waals surface area contributed by atoms with E-state index in [4.69, 9.17) is 4.74 Å². The van der Waals surface area contributed by atoms with Crippen molar-refractivity contribution in [2.75, 3.05) is 46.4 Å². The van der Waals surface area contributed by atoms with E-state index in [2.05, 4.69) is 20.3 Å². The summed E-state index contributed by atoms with van der Waals surface area (Å²) in [6.45, 7) is 5.70. The zero-order valence-electron chi connectivity index (χ0n) is 18.3. The van der Waals surface area contributed by atoms with Crippen molar-refractivity contribution in [1.29, 1.82) is 0 Å². The SMILES string of the molecule is CN=C(NCCCn1nc2n(c1=O)CCCC2)N1CCN(C(=O)C2CCCO2)CC1.I. The molecule has 4 rings (SSSR count). The van der Waals surface area contributed by atoms with Gasteiger partial charge in [-0.25, -0.2) is 9.48 Å². The summed E-state index contributed by atoms with van der Waals surface area (Å²) >= 11 is 0. The summed E-state index contributed by atoms with van der Waals surface area (Å²) in [7, 11) is 1.78. The smallest absolute Gasteiger partial charge is 0.345 e. The number of carbonyl (C=O) groups excluding carboxylic acids is 1. The number of aromatic nitrogens is 3. The summed E-state index contributed by atoms with van der Waals surface area (Å²) in [6.07, 6.45) is 5.43. The van der Waals surface area contributed by atoms with Crippen LogP contribution in [0, 0.1) is 0 Å². The molecule has 0 aromatic carbocycles. The van der Waals surface area contributed by atoms with Crippen LogP contribution in [0.2, 0.25) is 0 Å². The van der Waals surface area contributed by atoms with Crippen LogP contribution in [0.1, 0.15) is 37.9 Å². The maximum Gasteiger partial charge on any atom is 0.345 e. The van der Waals surface area contributed by atoms with Crippen LogP contribution in [0.5, 0.6) is 0 Å². The van der Waals surface area contributed by atoms with Gasteiger partial charge in [-0.15, -0.1) is 24.0 Å². The Bertz CT molecular complexity index is 823. The molecule has 1 aromatic heterocycles. The molecule has 3 aliphatic rings. The molecule has 2 saturated heterocycles. The van der Waals surface area contributed by atoms with Gasteiger partial charge in [-0.3, -0.25) is 14.4 Å². The first-order chi connectivity index (χ1) is 14.7. The third-order valence-corrected chi connectivity index (χ3v) is 6.17. The van der Waals surface area contributed by atoms with E-state index in [1.54, 1.807) is 11.7 Å². The molecule has 3 aliphatic heterocycles. The Morgan fingerprint density at radius 3 is 2.61 bits per heavy atom. The monoisotopic (exact) mass is 547 g/mol. The van der Waals surface area contributed by atoms with Gasteiger partial charge in [0, 0.05) is 65.9 Å². The normalized spacial score (nSPS) is 21.6. The Hall–Kier alpha value is -1.63. The molecule has 1 aromatic rings. The van der Waals surface area contributed by atoms with E-state index in [-0.39, 0.29) is 41.7 Å². The maximum atomic E-state index is 12.5. The first kappa shape index (κ1) is 24.0.